The maximum atomic E-state index is 12.8. The van der Waals surface area contributed by atoms with Crippen molar-refractivity contribution in [2.45, 2.75) is 50.0 Å². The number of benzene rings is 1. The first-order valence-corrected chi connectivity index (χ1v) is 12.4. The molecule has 4 rings (SSSR count). The molecule has 1 unspecified atom stereocenters. The summed E-state index contributed by atoms with van der Waals surface area (Å²) in [5.74, 6) is -0.310. The predicted octanol–water partition coefficient (Wildman–Crippen LogP) is 2.13. The maximum absolute atomic E-state index is 12.8. The lowest BCUT2D eigenvalue weighted by molar-refractivity contribution is 0.0907. The highest BCUT2D eigenvalue weighted by molar-refractivity contribution is 7.89. The van der Waals surface area contributed by atoms with Crippen molar-refractivity contribution in [3.63, 3.8) is 0 Å². The van der Waals surface area contributed by atoms with Gasteiger partial charge in [0.25, 0.3) is 0 Å². The normalized spacial score (nSPS) is 20.7. The number of nitrogens with zero attached hydrogens (tertiary/aromatic N) is 4. The molecule has 9 nitrogen and oxygen atoms in total. The Labute approximate surface area is 182 Å². The number of amides is 1. The van der Waals surface area contributed by atoms with Crippen molar-refractivity contribution in [1.82, 2.24) is 24.7 Å². The molecule has 1 amide bonds. The molecule has 168 valence electrons. The first-order chi connectivity index (χ1) is 15.0. The van der Waals surface area contributed by atoms with Gasteiger partial charge in [-0.3, -0.25) is 9.69 Å². The molecule has 0 bridgehead atoms. The first-order valence-electron chi connectivity index (χ1n) is 11.0. The zero-order chi connectivity index (χ0) is 21.8. The van der Waals surface area contributed by atoms with Crippen LogP contribution in [0.4, 0.5) is 0 Å². The van der Waals surface area contributed by atoms with Crippen molar-refractivity contribution < 1.29 is 17.6 Å². The van der Waals surface area contributed by atoms with Crippen molar-refractivity contribution in [3.05, 3.63) is 30.2 Å². The van der Waals surface area contributed by atoms with E-state index in [9.17, 15) is 13.2 Å². The minimum atomic E-state index is -3.49. The Balaban J connectivity index is 1.40. The summed E-state index contributed by atoms with van der Waals surface area (Å²) in [5, 5.41) is 10.7. The fourth-order valence-corrected chi connectivity index (χ4v) is 5.80. The number of sulfonamides is 1. The SMILES string of the molecule is CCN1CCCC1CNC(=O)c1nnc(-c2ccc(S(=O)(=O)N3CCCCC3)cc2)o1. The minimum Gasteiger partial charge on any atom is -0.412 e. The summed E-state index contributed by atoms with van der Waals surface area (Å²) in [7, 11) is -3.49. The third kappa shape index (κ3) is 4.81. The molecule has 0 radical (unpaired) electrons. The predicted molar refractivity (Wildman–Crippen MR) is 115 cm³/mol. The maximum Gasteiger partial charge on any atom is 0.308 e. The molecule has 0 saturated carbocycles. The molecule has 3 heterocycles. The van der Waals surface area contributed by atoms with Gasteiger partial charge in [-0.05, 0) is 63.0 Å². The molecule has 10 heteroatoms. The van der Waals surface area contributed by atoms with Crippen LogP contribution in [0.5, 0.6) is 0 Å². The fourth-order valence-electron chi connectivity index (χ4n) is 4.28. The van der Waals surface area contributed by atoms with Gasteiger partial charge >= 0.3 is 11.8 Å². The number of piperidine rings is 1. The number of carbonyl (C=O) groups is 1. The number of hydrogen-bond donors (Lipinski definition) is 1. The van der Waals surface area contributed by atoms with Crippen LogP contribution in [-0.4, -0.2) is 72.5 Å². The lowest BCUT2D eigenvalue weighted by Crippen LogP contribution is -2.40. The monoisotopic (exact) mass is 447 g/mol. The number of hydrogen-bond acceptors (Lipinski definition) is 7. The van der Waals surface area contributed by atoms with E-state index in [1.54, 1.807) is 24.3 Å². The summed E-state index contributed by atoms with van der Waals surface area (Å²) in [6.07, 6.45) is 5.05. The van der Waals surface area contributed by atoms with Crippen molar-refractivity contribution in [3.8, 4) is 11.5 Å². The molecule has 1 N–H and O–H groups in total. The Morgan fingerprint density at radius 1 is 1.10 bits per heavy atom. The second-order valence-corrected chi connectivity index (χ2v) is 9.97. The Morgan fingerprint density at radius 2 is 1.84 bits per heavy atom. The number of rotatable bonds is 7. The summed E-state index contributed by atoms with van der Waals surface area (Å²) in [4.78, 5) is 15.0. The van der Waals surface area contributed by atoms with E-state index in [0.29, 0.717) is 31.2 Å². The lowest BCUT2D eigenvalue weighted by atomic mass is 10.2. The van der Waals surface area contributed by atoms with Crippen LogP contribution in [0.3, 0.4) is 0 Å². The third-order valence-electron chi connectivity index (χ3n) is 6.08. The van der Waals surface area contributed by atoms with Crippen LogP contribution < -0.4 is 5.32 Å². The van der Waals surface area contributed by atoms with E-state index >= 15 is 0 Å². The smallest absolute Gasteiger partial charge is 0.308 e. The molecule has 31 heavy (non-hydrogen) atoms. The number of nitrogens with one attached hydrogen (secondary N) is 1. The third-order valence-corrected chi connectivity index (χ3v) is 7.99. The van der Waals surface area contributed by atoms with Crippen molar-refractivity contribution in [2.75, 3.05) is 32.7 Å². The quantitative estimate of drug-likeness (QED) is 0.692. The van der Waals surface area contributed by atoms with Gasteiger partial charge in [0.15, 0.2) is 0 Å². The van der Waals surface area contributed by atoms with E-state index in [1.165, 1.54) is 4.31 Å². The second-order valence-electron chi connectivity index (χ2n) is 8.04. The van der Waals surface area contributed by atoms with E-state index in [1.807, 2.05) is 0 Å². The van der Waals surface area contributed by atoms with Gasteiger partial charge in [0.1, 0.15) is 0 Å². The van der Waals surface area contributed by atoms with Gasteiger partial charge in [-0.2, -0.15) is 4.31 Å². The molecule has 2 aromatic rings. The van der Waals surface area contributed by atoms with Crippen LogP contribution in [0, 0.1) is 0 Å². The Hall–Kier alpha value is -2.30. The van der Waals surface area contributed by atoms with E-state index in [0.717, 1.165) is 45.2 Å². The lowest BCUT2D eigenvalue weighted by Gasteiger charge is -2.25. The largest absolute Gasteiger partial charge is 0.412 e. The second kappa shape index (κ2) is 9.46. The summed E-state index contributed by atoms with van der Waals surface area (Å²) >= 11 is 0. The van der Waals surface area contributed by atoms with Gasteiger partial charge in [0.05, 0.1) is 4.90 Å². The molecule has 1 aromatic carbocycles. The van der Waals surface area contributed by atoms with E-state index in [-0.39, 0.29) is 16.7 Å². The minimum absolute atomic E-state index is 0.0962. The highest BCUT2D eigenvalue weighted by Crippen LogP contribution is 2.24. The van der Waals surface area contributed by atoms with Crippen LogP contribution >= 0.6 is 0 Å². The number of likely N-dealkylation sites (N-methyl/N-ethyl adjacent to an activating group) is 1. The van der Waals surface area contributed by atoms with Crippen LogP contribution in [0.15, 0.2) is 33.6 Å². The molecule has 2 aliphatic rings. The number of carbonyl (C=O) groups excluding carboxylic acids is 1. The Morgan fingerprint density at radius 3 is 2.55 bits per heavy atom. The van der Waals surface area contributed by atoms with Crippen molar-refractivity contribution in [2.24, 2.45) is 0 Å². The van der Waals surface area contributed by atoms with Gasteiger partial charge in [-0.15, -0.1) is 10.2 Å². The average molecular weight is 448 g/mol. The number of aromatic nitrogens is 2. The highest BCUT2D eigenvalue weighted by atomic mass is 32.2. The molecule has 2 aliphatic heterocycles. The topological polar surface area (TPSA) is 109 Å². The van der Waals surface area contributed by atoms with Crippen LogP contribution in [0.2, 0.25) is 0 Å². The average Bonchev–Trinajstić information content (AvgIpc) is 3.48. The Bertz CT molecular complexity index is 999. The van der Waals surface area contributed by atoms with Gasteiger partial charge in [0.2, 0.25) is 15.9 Å². The number of likely N-dealkylation sites (tertiary alicyclic amines) is 1. The summed E-state index contributed by atoms with van der Waals surface area (Å²) in [5.41, 5.74) is 0.567. The van der Waals surface area contributed by atoms with Crippen molar-refractivity contribution in [1.29, 1.82) is 0 Å². The molecule has 1 atom stereocenters. The molecule has 0 aliphatic carbocycles. The van der Waals surface area contributed by atoms with Gasteiger partial charge in [-0.1, -0.05) is 13.3 Å². The summed E-state index contributed by atoms with van der Waals surface area (Å²) in [6.45, 7) is 5.81. The van der Waals surface area contributed by atoms with E-state index < -0.39 is 15.9 Å². The molecular formula is C21H29N5O4S. The molecule has 0 spiro atoms. The van der Waals surface area contributed by atoms with Gasteiger partial charge in [-0.25, -0.2) is 8.42 Å². The van der Waals surface area contributed by atoms with E-state index in [2.05, 4.69) is 27.3 Å². The van der Waals surface area contributed by atoms with Crippen molar-refractivity contribution >= 4 is 15.9 Å². The summed E-state index contributed by atoms with van der Waals surface area (Å²) < 4.78 is 32.6. The zero-order valence-electron chi connectivity index (χ0n) is 17.8. The van der Waals surface area contributed by atoms with E-state index in [4.69, 9.17) is 4.42 Å². The highest BCUT2D eigenvalue weighted by Gasteiger charge is 2.27. The zero-order valence-corrected chi connectivity index (χ0v) is 18.6. The van der Waals surface area contributed by atoms with Gasteiger partial charge < -0.3 is 9.73 Å². The molecular weight excluding hydrogens is 418 g/mol. The van der Waals surface area contributed by atoms with Crippen LogP contribution in [0.1, 0.15) is 49.7 Å². The Kier molecular flexibility index (Phi) is 6.68. The standard InChI is InChI=1S/C21H29N5O4S/c1-2-25-12-6-7-17(25)15-22-19(27)21-24-23-20(30-21)16-8-10-18(11-9-16)31(28,29)26-13-4-3-5-14-26/h8-11,17H,2-7,12-15H2,1H3,(H,22,27). The van der Waals surface area contributed by atoms with Crippen LogP contribution in [0.25, 0.3) is 11.5 Å². The van der Waals surface area contributed by atoms with Gasteiger partial charge in [0, 0.05) is 31.2 Å². The molecule has 2 saturated heterocycles. The summed E-state index contributed by atoms with van der Waals surface area (Å²) in [6, 6.07) is 6.68. The fraction of sp³-hybridized carbons (Fsp3) is 0.571. The molecule has 2 fully saturated rings. The molecule has 1 aromatic heterocycles. The van der Waals surface area contributed by atoms with Crippen LogP contribution in [-0.2, 0) is 10.0 Å². The first kappa shape index (κ1) is 21.9.